The second-order valence-electron chi connectivity index (χ2n) is 7.69. The van der Waals surface area contributed by atoms with Crippen molar-refractivity contribution >= 4 is 5.97 Å². The monoisotopic (exact) mass is 352 g/mol. The van der Waals surface area contributed by atoms with Crippen LogP contribution in [0.25, 0.3) is 0 Å². The highest BCUT2D eigenvalue weighted by molar-refractivity contribution is 5.68. The normalized spacial score (nSPS) is 34.6. The van der Waals surface area contributed by atoms with E-state index < -0.39 is 0 Å². The van der Waals surface area contributed by atoms with Crippen molar-refractivity contribution in [3.63, 3.8) is 0 Å². The first-order valence-corrected chi connectivity index (χ1v) is 9.85. The van der Waals surface area contributed by atoms with E-state index >= 15 is 0 Å². The zero-order valence-corrected chi connectivity index (χ0v) is 15.3. The number of rotatable bonds is 8. The van der Waals surface area contributed by atoms with E-state index in [1.807, 2.05) is 0 Å². The number of aliphatic hydroxyl groups excluding tert-OH is 1. The SMILES string of the molecule is COC(=O)CCCCC1=C[C@H]2C[C@@H](OC3CCCCO3)[C@@H](CO)[C@H]2C1. The Labute approximate surface area is 150 Å². The molecule has 0 spiro atoms. The van der Waals surface area contributed by atoms with E-state index in [-0.39, 0.29) is 30.9 Å². The van der Waals surface area contributed by atoms with Gasteiger partial charge in [0.05, 0.1) is 13.2 Å². The summed E-state index contributed by atoms with van der Waals surface area (Å²) in [5.41, 5.74) is 1.49. The Kier molecular flexibility index (Phi) is 6.91. The molecule has 0 aromatic rings. The van der Waals surface area contributed by atoms with Crippen LogP contribution in [0, 0.1) is 17.8 Å². The minimum Gasteiger partial charge on any atom is -0.469 e. The Hall–Kier alpha value is -0.910. The molecule has 2 fully saturated rings. The van der Waals surface area contributed by atoms with Gasteiger partial charge >= 0.3 is 5.97 Å². The number of carbonyl (C=O) groups is 1. The summed E-state index contributed by atoms with van der Waals surface area (Å²) in [6.45, 7) is 0.992. The first kappa shape index (κ1) is 18.9. The van der Waals surface area contributed by atoms with Crippen molar-refractivity contribution in [1.29, 1.82) is 0 Å². The molecule has 1 N–H and O–H groups in total. The quantitative estimate of drug-likeness (QED) is 0.413. The standard InChI is InChI=1S/C20H32O5/c1-23-19(22)7-3-2-6-14-10-15-12-18(17(13-21)16(15)11-14)25-20-8-4-5-9-24-20/h10,15-18,20-21H,2-9,11-13H2,1H3/t15-,16-,17-,18+,20?/m0/s1. The van der Waals surface area contributed by atoms with Crippen LogP contribution in [-0.4, -0.2) is 43.8 Å². The lowest BCUT2D eigenvalue weighted by Gasteiger charge is -2.29. The second kappa shape index (κ2) is 9.15. The Bertz CT molecular complexity index is 469. The first-order valence-electron chi connectivity index (χ1n) is 9.85. The van der Waals surface area contributed by atoms with Crippen molar-refractivity contribution in [3.8, 4) is 0 Å². The third-order valence-corrected chi connectivity index (χ3v) is 6.06. The van der Waals surface area contributed by atoms with Crippen LogP contribution in [0.15, 0.2) is 11.6 Å². The number of carbonyl (C=O) groups excluding carboxylic acids is 1. The molecule has 3 rings (SSSR count). The molecule has 0 bridgehead atoms. The molecule has 1 saturated heterocycles. The molecule has 1 unspecified atom stereocenters. The van der Waals surface area contributed by atoms with E-state index in [2.05, 4.69) is 10.8 Å². The van der Waals surface area contributed by atoms with E-state index in [0.29, 0.717) is 18.3 Å². The van der Waals surface area contributed by atoms with Crippen LogP contribution in [0.2, 0.25) is 0 Å². The van der Waals surface area contributed by atoms with Gasteiger partial charge in [0.25, 0.3) is 0 Å². The highest BCUT2D eigenvalue weighted by Crippen LogP contribution is 2.49. The maximum Gasteiger partial charge on any atom is 0.305 e. The van der Waals surface area contributed by atoms with Crippen molar-refractivity contribution < 1.29 is 24.1 Å². The summed E-state index contributed by atoms with van der Waals surface area (Å²) < 4.78 is 16.6. The number of ether oxygens (including phenoxy) is 3. The Balaban J connectivity index is 1.45. The largest absolute Gasteiger partial charge is 0.469 e. The van der Waals surface area contributed by atoms with Gasteiger partial charge in [-0.15, -0.1) is 0 Å². The average Bonchev–Trinajstić information content (AvgIpc) is 3.16. The molecule has 0 radical (unpaired) electrons. The summed E-state index contributed by atoms with van der Waals surface area (Å²) in [7, 11) is 1.44. The first-order chi connectivity index (χ1) is 12.2. The van der Waals surface area contributed by atoms with Gasteiger partial charge in [0.2, 0.25) is 0 Å². The van der Waals surface area contributed by atoms with Crippen molar-refractivity contribution in [2.45, 2.75) is 70.2 Å². The van der Waals surface area contributed by atoms with Crippen LogP contribution < -0.4 is 0 Å². The van der Waals surface area contributed by atoms with Gasteiger partial charge in [0.15, 0.2) is 6.29 Å². The van der Waals surface area contributed by atoms with Gasteiger partial charge in [-0.2, -0.15) is 0 Å². The molecule has 3 aliphatic rings. The summed E-state index contributed by atoms with van der Waals surface area (Å²) in [5, 5.41) is 9.91. The summed E-state index contributed by atoms with van der Waals surface area (Å²) in [6, 6.07) is 0. The topological polar surface area (TPSA) is 65.0 Å². The lowest BCUT2D eigenvalue weighted by atomic mass is 9.89. The average molecular weight is 352 g/mol. The molecule has 5 atom stereocenters. The van der Waals surface area contributed by atoms with Gasteiger partial charge in [-0.1, -0.05) is 11.6 Å². The van der Waals surface area contributed by atoms with Crippen LogP contribution in [-0.2, 0) is 19.0 Å². The molecule has 0 aromatic carbocycles. The molecule has 5 nitrogen and oxygen atoms in total. The van der Waals surface area contributed by atoms with Gasteiger partial charge in [0, 0.05) is 25.6 Å². The van der Waals surface area contributed by atoms with Crippen molar-refractivity contribution in [1.82, 2.24) is 0 Å². The maximum atomic E-state index is 11.2. The Morgan fingerprint density at radius 2 is 2.24 bits per heavy atom. The van der Waals surface area contributed by atoms with E-state index in [1.54, 1.807) is 0 Å². The number of fused-ring (bicyclic) bond motifs is 1. The van der Waals surface area contributed by atoms with Gasteiger partial charge in [-0.05, 0) is 63.2 Å². The molecule has 25 heavy (non-hydrogen) atoms. The number of esters is 1. The highest BCUT2D eigenvalue weighted by atomic mass is 16.7. The molecule has 0 aromatic heterocycles. The predicted molar refractivity (Wildman–Crippen MR) is 93.8 cm³/mol. The van der Waals surface area contributed by atoms with Crippen molar-refractivity contribution in [2.24, 2.45) is 17.8 Å². The van der Waals surface area contributed by atoms with Crippen LogP contribution in [0.1, 0.15) is 57.8 Å². The number of aliphatic hydroxyl groups is 1. The maximum absolute atomic E-state index is 11.2. The van der Waals surface area contributed by atoms with Gasteiger partial charge in [-0.25, -0.2) is 0 Å². The number of allylic oxidation sites excluding steroid dienone is 2. The van der Waals surface area contributed by atoms with E-state index in [0.717, 1.165) is 51.6 Å². The van der Waals surface area contributed by atoms with Crippen LogP contribution in [0.3, 0.4) is 0 Å². The molecule has 2 aliphatic carbocycles. The molecular weight excluding hydrogens is 320 g/mol. The fourth-order valence-corrected chi connectivity index (χ4v) is 4.71. The van der Waals surface area contributed by atoms with Gasteiger partial charge in [0.1, 0.15) is 0 Å². The van der Waals surface area contributed by atoms with Crippen LogP contribution in [0.4, 0.5) is 0 Å². The Morgan fingerprint density at radius 1 is 1.36 bits per heavy atom. The van der Waals surface area contributed by atoms with Gasteiger partial charge < -0.3 is 19.3 Å². The van der Waals surface area contributed by atoms with Crippen molar-refractivity contribution in [2.75, 3.05) is 20.3 Å². The molecular formula is C20H32O5. The summed E-state index contributed by atoms with van der Waals surface area (Å²) >= 11 is 0. The lowest BCUT2D eigenvalue weighted by Crippen LogP contribution is -2.32. The van der Waals surface area contributed by atoms with Crippen LogP contribution >= 0.6 is 0 Å². The molecule has 5 heteroatoms. The minimum absolute atomic E-state index is 0.0756. The second-order valence-corrected chi connectivity index (χ2v) is 7.69. The third kappa shape index (κ3) is 4.83. The summed E-state index contributed by atoms with van der Waals surface area (Å²) in [5.74, 6) is 1.14. The minimum atomic E-state index is -0.123. The highest BCUT2D eigenvalue weighted by Gasteiger charge is 2.46. The number of unbranched alkanes of at least 4 members (excludes halogenated alkanes) is 1. The predicted octanol–water partition coefficient (Wildman–Crippen LogP) is 3.21. The fourth-order valence-electron chi connectivity index (χ4n) is 4.71. The number of methoxy groups -OCH3 is 1. The van der Waals surface area contributed by atoms with E-state index in [9.17, 15) is 9.90 Å². The zero-order valence-electron chi connectivity index (χ0n) is 15.3. The smallest absolute Gasteiger partial charge is 0.305 e. The summed E-state index contributed by atoms with van der Waals surface area (Å²) in [4.78, 5) is 11.2. The van der Waals surface area contributed by atoms with E-state index in [1.165, 1.54) is 19.1 Å². The van der Waals surface area contributed by atoms with Gasteiger partial charge in [-0.3, -0.25) is 4.79 Å². The molecule has 1 saturated carbocycles. The molecule has 1 heterocycles. The summed E-state index contributed by atoms with van der Waals surface area (Å²) in [6.07, 6.45) is 11.3. The molecule has 1 aliphatic heterocycles. The molecule has 0 amide bonds. The third-order valence-electron chi connectivity index (χ3n) is 6.06. The molecule has 142 valence electrons. The number of hydrogen-bond acceptors (Lipinski definition) is 5. The Morgan fingerprint density at radius 3 is 2.96 bits per heavy atom. The van der Waals surface area contributed by atoms with Crippen LogP contribution in [0.5, 0.6) is 0 Å². The number of hydrogen-bond donors (Lipinski definition) is 1. The zero-order chi connectivity index (χ0) is 17.6. The lowest BCUT2D eigenvalue weighted by molar-refractivity contribution is -0.198. The van der Waals surface area contributed by atoms with E-state index in [4.69, 9.17) is 9.47 Å². The van der Waals surface area contributed by atoms with Crippen molar-refractivity contribution in [3.05, 3.63) is 11.6 Å². The fraction of sp³-hybridized carbons (Fsp3) is 0.850.